The molecule has 1 aromatic heterocycles. The minimum atomic E-state index is 0.148. The van der Waals surface area contributed by atoms with Gasteiger partial charge in [0.25, 0.3) is 0 Å². The van der Waals surface area contributed by atoms with Crippen molar-refractivity contribution < 1.29 is 9.84 Å². The first-order valence-electron chi connectivity index (χ1n) is 13.4. The lowest BCUT2D eigenvalue weighted by atomic mass is 9.63. The monoisotopic (exact) mass is 499 g/mol. The molecular formula is C29H45N3O2S. The minimum Gasteiger partial charge on any atom is -0.396 e. The standard InChI is InChI=1S/C29H45N3O2S/c1-21(19-33)26(34-6)8-7-13-31-14-16-32(17-15-31)27-30-25(20-35-27)22-9-10-23-24(18-22)29(4,5)12-11-28(23,2)3/h9-10,18,20-21,26,33H,7-8,11-17,19H2,1-6H3. The summed E-state index contributed by atoms with van der Waals surface area (Å²) in [5.41, 5.74) is 5.83. The fraction of sp³-hybridized carbons (Fsp3) is 0.690. The molecule has 2 atom stereocenters. The van der Waals surface area contributed by atoms with E-state index in [1.165, 1.54) is 29.5 Å². The molecule has 1 aliphatic heterocycles. The predicted octanol–water partition coefficient (Wildman–Crippen LogP) is 5.70. The van der Waals surface area contributed by atoms with Gasteiger partial charge in [0.05, 0.1) is 11.8 Å². The molecule has 1 N–H and O–H groups in total. The number of nitrogens with zero attached hydrogens (tertiary/aromatic N) is 3. The first-order valence-corrected chi connectivity index (χ1v) is 14.2. The van der Waals surface area contributed by atoms with Gasteiger partial charge in [-0.2, -0.15) is 0 Å². The molecule has 0 spiro atoms. The number of hydrogen-bond acceptors (Lipinski definition) is 6. The quantitative estimate of drug-likeness (QED) is 0.479. The van der Waals surface area contributed by atoms with E-state index in [1.54, 1.807) is 18.4 Å². The first-order chi connectivity index (χ1) is 16.6. The van der Waals surface area contributed by atoms with Crippen LogP contribution in [0.4, 0.5) is 5.13 Å². The normalized spacial score (nSPS) is 21.5. The Bertz CT molecular complexity index is 978. The lowest BCUT2D eigenvalue weighted by molar-refractivity contribution is 0.0250. The third kappa shape index (κ3) is 5.93. The van der Waals surface area contributed by atoms with Crippen molar-refractivity contribution in [3.63, 3.8) is 0 Å². The molecule has 0 bridgehead atoms. The Balaban J connectivity index is 1.35. The average molecular weight is 500 g/mol. The number of piperazine rings is 1. The van der Waals surface area contributed by atoms with Gasteiger partial charge in [-0.25, -0.2) is 4.98 Å². The van der Waals surface area contributed by atoms with Crippen molar-refractivity contribution in [2.24, 2.45) is 5.92 Å². The molecule has 1 aliphatic carbocycles. The van der Waals surface area contributed by atoms with E-state index in [9.17, 15) is 5.11 Å². The highest BCUT2D eigenvalue weighted by Crippen LogP contribution is 2.46. The predicted molar refractivity (Wildman–Crippen MR) is 148 cm³/mol. The summed E-state index contributed by atoms with van der Waals surface area (Å²) < 4.78 is 5.56. The Morgan fingerprint density at radius 3 is 2.40 bits per heavy atom. The van der Waals surface area contributed by atoms with Crippen LogP contribution in [0.1, 0.15) is 71.4 Å². The van der Waals surface area contributed by atoms with Crippen LogP contribution in [0, 0.1) is 5.92 Å². The van der Waals surface area contributed by atoms with Gasteiger partial charge < -0.3 is 14.7 Å². The van der Waals surface area contributed by atoms with E-state index < -0.39 is 0 Å². The number of aromatic nitrogens is 1. The summed E-state index contributed by atoms with van der Waals surface area (Å²) in [5, 5.41) is 12.8. The first kappa shape index (κ1) is 26.6. The molecule has 6 heteroatoms. The molecule has 4 rings (SSSR count). The molecule has 0 saturated carbocycles. The van der Waals surface area contributed by atoms with Gasteiger partial charge in [0.1, 0.15) is 0 Å². The molecule has 1 saturated heterocycles. The maximum absolute atomic E-state index is 9.39. The van der Waals surface area contributed by atoms with E-state index in [0.717, 1.165) is 56.4 Å². The van der Waals surface area contributed by atoms with Crippen molar-refractivity contribution in [1.82, 2.24) is 9.88 Å². The highest BCUT2D eigenvalue weighted by atomic mass is 32.1. The molecule has 2 heterocycles. The number of rotatable bonds is 9. The Kier molecular flexibility index (Phi) is 8.26. The number of thiazole rings is 1. The molecule has 5 nitrogen and oxygen atoms in total. The molecule has 2 aliphatic rings. The Morgan fingerprint density at radius 2 is 1.74 bits per heavy atom. The van der Waals surface area contributed by atoms with Crippen LogP contribution in [0.3, 0.4) is 0 Å². The molecule has 0 radical (unpaired) electrons. The van der Waals surface area contributed by atoms with E-state index >= 15 is 0 Å². The molecule has 35 heavy (non-hydrogen) atoms. The van der Waals surface area contributed by atoms with Gasteiger partial charge in [0.2, 0.25) is 0 Å². The lowest BCUT2D eigenvalue weighted by Crippen LogP contribution is -2.46. The number of fused-ring (bicyclic) bond motifs is 1. The van der Waals surface area contributed by atoms with Crippen LogP contribution >= 0.6 is 11.3 Å². The van der Waals surface area contributed by atoms with Gasteiger partial charge in [-0.05, 0) is 60.3 Å². The summed E-state index contributed by atoms with van der Waals surface area (Å²) in [6, 6.07) is 7.06. The van der Waals surface area contributed by atoms with Crippen molar-refractivity contribution >= 4 is 16.5 Å². The van der Waals surface area contributed by atoms with E-state index in [2.05, 4.69) is 68.0 Å². The fourth-order valence-electron chi connectivity index (χ4n) is 5.72. The van der Waals surface area contributed by atoms with Crippen molar-refractivity contribution in [3.05, 3.63) is 34.7 Å². The van der Waals surface area contributed by atoms with Crippen molar-refractivity contribution in [1.29, 1.82) is 0 Å². The highest BCUT2D eigenvalue weighted by Gasteiger charge is 2.37. The fourth-order valence-corrected chi connectivity index (χ4v) is 6.61. The van der Waals surface area contributed by atoms with Crippen LogP contribution < -0.4 is 4.90 Å². The number of hydrogen-bond donors (Lipinski definition) is 1. The zero-order chi connectivity index (χ0) is 25.2. The summed E-state index contributed by atoms with van der Waals surface area (Å²) in [4.78, 5) is 10.1. The number of methoxy groups -OCH3 is 1. The smallest absolute Gasteiger partial charge is 0.185 e. The number of benzene rings is 1. The highest BCUT2D eigenvalue weighted by molar-refractivity contribution is 7.14. The van der Waals surface area contributed by atoms with E-state index in [4.69, 9.17) is 9.72 Å². The summed E-state index contributed by atoms with van der Waals surface area (Å²) in [5.74, 6) is 0.198. The largest absolute Gasteiger partial charge is 0.396 e. The van der Waals surface area contributed by atoms with Crippen LogP contribution in [0.25, 0.3) is 11.3 Å². The van der Waals surface area contributed by atoms with Gasteiger partial charge in [-0.1, -0.05) is 46.8 Å². The molecule has 1 aromatic carbocycles. The van der Waals surface area contributed by atoms with E-state index in [-0.39, 0.29) is 29.5 Å². The summed E-state index contributed by atoms with van der Waals surface area (Å²) in [6.07, 6.45) is 4.73. The maximum atomic E-state index is 9.39. The molecule has 2 aromatic rings. The second-order valence-corrected chi connectivity index (χ2v) is 12.8. The second kappa shape index (κ2) is 10.9. The van der Waals surface area contributed by atoms with Gasteiger partial charge >= 0.3 is 0 Å². The molecular weight excluding hydrogens is 454 g/mol. The molecule has 1 fully saturated rings. The zero-order valence-electron chi connectivity index (χ0n) is 22.6. The van der Waals surface area contributed by atoms with Crippen LogP contribution in [-0.4, -0.2) is 67.5 Å². The van der Waals surface area contributed by atoms with Crippen LogP contribution in [0.5, 0.6) is 0 Å². The zero-order valence-corrected chi connectivity index (χ0v) is 23.5. The van der Waals surface area contributed by atoms with Gasteiger partial charge in [0.15, 0.2) is 5.13 Å². The lowest BCUT2D eigenvalue weighted by Gasteiger charge is -2.42. The van der Waals surface area contributed by atoms with Crippen LogP contribution in [0.15, 0.2) is 23.6 Å². The van der Waals surface area contributed by atoms with Crippen molar-refractivity contribution in [2.45, 2.75) is 77.2 Å². The number of ether oxygens (including phenoxy) is 1. The summed E-state index contributed by atoms with van der Waals surface area (Å²) in [7, 11) is 1.75. The van der Waals surface area contributed by atoms with Gasteiger partial charge in [0, 0.05) is 56.8 Å². The third-order valence-electron chi connectivity index (χ3n) is 8.47. The number of anilines is 1. The SMILES string of the molecule is COC(CCCN1CCN(c2nc(-c3ccc4c(c3)C(C)(C)CCC4(C)C)cs2)CC1)C(C)CO. The van der Waals surface area contributed by atoms with Crippen molar-refractivity contribution in [3.8, 4) is 11.3 Å². The van der Waals surface area contributed by atoms with Crippen molar-refractivity contribution in [2.75, 3.05) is 51.3 Å². The minimum absolute atomic E-state index is 0.148. The topological polar surface area (TPSA) is 48.8 Å². The average Bonchev–Trinajstić information content (AvgIpc) is 3.35. The Hall–Kier alpha value is -1.47. The van der Waals surface area contributed by atoms with E-state index in [0.29, 0.717) is 0 Å². The molecule has 0 amide bonds. The Morgan fingerprint density at radius 1 is 1.06 bits per heavy atom. The second-order valence-electron chi connectivity index (χ2n) is 11.9. The molecule has 2 unspecified atom stereocenters. The van der Waals surface area contributed by atoms with E-state index in [1.807, 2.05) is 0 Å². The number of aliphatic hydroxyl groups excluding tert-OH is 1. The van der Waals surface area contributed by atoms with Crippen LogP contribution in [0.2, 0.25) is 0 Å². The number of aliphatic hydroxyl groups is 1. The third-order valence-corrected chi connectivity index (χ3v) is 9.37. The van der Waals surface area contributed by atoms with Gasteiger partial charge in [-0.3, -0.25) is 4.90 Å². The molecule has 194 valence electrons. The Labute approximate surface area is 216 Å². The summed E-state index contributed by atoms with van der Waals surface area (Å²) >= 11 is 1.78. The summed E-state index contributed by atoms with van der Waals surface area (Å²) in [6.45, 7) is 17.1. The maximum Gasteiger partial charge on any atom is 0.185 e. The van der Waals surface area contributed by atoms with Crippen LogP contribution in [-0.2, 0) is 15.6 Å². The van der Waals surface area contributed by atoms with Gasteiger partial charge in [-0.15, -0.1) is 11.3 Å².